The van der Waals surface area contributed by atoms with Crippen molar-refractivity contribution < 1.29 is 10.2 Å². The van der Waals surface area contributed by atoms with Crippen LogP contribution in [0.3, 0.4) is 0 Å². The van der Waals surface area contributed by atoms with Crippen molar-refractivity contribution in [3.05, 3.63) is 0 Å². The first kappa shape index (κ1) is 14.3. The van der Waals surface area contributed by atoms with E-state index in [1.807, 2.05) is 6.92 Å². The van der Waals surface area contributed by atoms with Crippen LogP contribution in [0.5, 0.6) is 0 Å². The van der Waals surface area contributed by atoms with Crippen LogP contribution >= 0.6 is 0 Å². The molecule has 0 amide bonds. The maximum absolute atomic E-state index is 10.7. The van der Waals surface area contributed by atoms with E-state index in [2.05, 4.69) is 34.6 Å². The van der Waals surface area contributed by atoms with E-state index in [1.165, 1.54) is 12.8 Å². The Kier molecular flexibility index (Phi) is 3.15. The lowest BCUT2D eigenvalue weighted by Crippen LogP contribution is -2.49. The smallest absolute Gasteiger partial charge is 0.0908 e. The molecule has 2 fully saturated rings. The van der Waals surface area contributed by atoms with Crippen LogP contribution in [0, 0.1) is 28.6 Å². The summed E-state index contributed by atoms with van der Waals surface area (Å²) in [6.07, 6.45) is 2.62. The van der Waals surface area contributed by atoms with Crippen LogP contribution in [0.15, 0.2) is 0 Å². The van der Waals surface area contributed by atoms with Crippen molar-refractivity contribution in [2.24, 2.45) is 28.6 Å². The van der Waals surface area contributed by atoms with Crippen LogP contribution in [0.2, 0.25) is 0 Å². The largest absolute Gasteiger partial charge is 0.390 e. The Balaban J connectivity index is 2.50. The maximum atomic E-state index is 10.7. The third kappa shape index (κ3) is 1.68. The summed E-state index contributed by atoms with van der Waals surface area (Å²) in [5, 5.41) is 21.2. The molecule has 2 aliphatic carbocycles. The average molecular weight is 254 g/mol. The average Bonchev–Trinajstić information content (AvgIpc) is 2.52. The molecule has 106 valence electrons. The molecule has 2 heteroatoms. The van der Waals surface area contributed by atoms with Gasteiger partial charge in [0.15, 0.2) is 0 Å². The van der Waals surface area contributed by atoms with Gasteiger partial charge in [-0.1, -0.05) is 34.6 Å². The first-order chi connectivity index (χ1) is 8.04. The molecule has 2 rings (SSSR count). The van der Waals surface area contributed by atoms with Crippen LogP contribution in [0.1, 0.15) is 60.8 Å². The van der Waals surface area contributed by atoms with Crippen molar-refractivity contribution in [2.75, 3.05) is 0 Å². The summed E-state index contributed by atoms with van der Waals surface area (Å²) in [5.41, 5.74) is -0.741. The third-order valence-electron chi connectivity index (χ3n) is 7.01. The first-order valence-electron chi connectivity index (χ1n) is 7.45. The second kappa shape index (κ2) is 3.96. The van der Waals surface area contributed by atoms with Crippen molar-refractivity contribution in [1.29, 1.82) is 0 Å². The summed E-state index contributed by atoms with van der Waals surface area (Å²) in [6.45, 7) is 13.1. The fourth-order valence-corrected chi connectivity index (χ4v) is 4.95. The lowest BCUT2D eigenvalue weighted by Gasteiger charge is -2.46. The highest BCUT2D eigenvalue weighted by Crippen LogP contribution is 2.63. The number of rotatable bonds is 0. The fourth-order valence-electron chi connectivity index (χ4n) is 4.95. The zero-order valence-corrected chi connectivity index (χ0v) is 12.8. The third-order valence-corrected chi connectivity index (χ3v) is 7.01. The molecule has 0 spiro atoms. The zero-order chi connectivity index (χ0) is 13.9. The molecule has 0 saturated heterocycles. The van der Waals surface area contributed by atoms with E-state index in [0.29, 0.717) is 11.8 Å². The predicted octanol–water partition coefficient (Wildman–Crippen LogP) is 3.22. The number of aliphatic hydroxyl groups is 2. The highest BCUT2D eigenvalue weighted by Gasteiger charge is 2.60. The fraction of sp³-hybridized carbons (Fsp3) is 1.00. The van der Waals surface area contributed by atoms with Gasteiger partial charge in [-0.25, -0.2) is 0 Å². The molecule has 0 radical (unpaired) electrons. The minimum atomic E-state index is -0.976. The normalized spacial score (nSPS) is 56.0. The van der Waals surface area contributed by atoms with Gasteiger partial charge < -0.3 is 10.2 Å². The van der Waals surface area contributed by atoms with Crippen LogP contribution in [-0.2, 0) is 0 Å². The van der Waals surface area contributed by atoms with Gasteiger partial charge in [0, 0.05) is 0 Å². The number of hydrogen-bond donors (Lipinski definition) is 2. The van der Waals surface area contributed by atoms with E-state index in [-0.39, 0.29) is 16.7 Å². The molecule has 0 aromatic carbocycles. The Bertz CT molecular complexity index is 334. The molecular formula is C16H30O2. The molecule has 0 bridgehead atoms. The molecule has 0 aliphatic heterocycles. The van der Waals surface area contributed by atoms with Crippen molar-refractivity contribution in [2.45, 2.75) is 72.5 Å². The molecule has 2 unspecified atom stereocenters. The van der Waals surface area contributed by atoms with E-state index in [9.17, 15) is 10.2 Å². The number of hydrogen-bond acceptors (Lipinski definition) is 2. The number of fused-ring (bicyclic) bond motifs is 1. The van der Waals surface area contributed by atoms with Gasteiger partial charge in [0.2, 0.25) is 0 Å². The molecular weight excluding hydrogens is 224 g/mol. The van der Waals surface area contributed by atoms with E-state index < -0.39 is 11.7 Å². The summed E-state index contributed by atoms with van der Waals surface area (Å²) < 4.78 is 0. The SMILES string of the molecule is C[C@@H]1CC[C@H]2C(C)(C)[C@@H](C)C(C)(O)C(O)C[C@]12C. The van der Waals surface area contributed by atoms with Crippen LogP contribution in [0.4, 0.5) is 0 Å². The Hall–Kier alpha value is -0.0800. The highest BCUT2D eigenvalue weighted by molar-refractivity contribution is 5.09. The molecule has 0 heterocycles. The van der Waals surface area contributed by atoms with Gasteiger partial charge in [0.25, 0.3) is 0 Å². The van der Waals surface area contributed by atoms with Gasteiger partial charge in [-0.2, -0.15) is 0 Å². The van der Waals surface area contributed by atoms with E-state index in [0.717, 1.165) is 6.42 Å². The van der Waals surface area contributed by atoms with Crippen LogP contribution < -0.4 is 0 Å². The molecule has 18 heavy (non-hydrogen) atoms. The van der Waals surface area contributed by atoms with E-state index >= 15 is 0 Å². The Morgan fingerprint density at radius 2 is 1.56 bits per heavy atom. The van der Waals surface area contributed by atoms with Crippen molar-refractivity contribution in [3.63, 3.8) is 0 Å². The van der Waals surface area contributed by atoms with Gasteiger partial charge in [-0.3, -0.25) is 0 Å². The molecule has 6 atom stereocenters. The van der Waals surface area contributed by atoms with Gasteiger partial charge in [0.05, 0.1) is 11.7 Å². The standard InChI is InChI=1S/C16H30O2/c1-10-7-8-12-14(3,4)11(2)16(6,18)13(17)9-15(10,12)5/h10-13,17-18H,7-9H2,1-6H3/t10-,11-,12+,13?,15-,16?/m1/s1. The second-order valence-corrected chi connectivity index (χ2v) is 8.03. The van der Waals surface area contributed by atoms with Crippen molar-refractivity contribution in [3.8, 4) is 0 Å². The molecule has 2 N–H and O–H groups in total. The minimum Gasteiger partial charge on any atom is -0.390 e. The summed E-state index contributed by atoms with van der Waals surface area (Å²) in [4.78, 5) is 0. The lowest BCUT2D eigenvalue weighted by molar-refractivity contribution is -0.121. The topological polar surface area (TPSA) is 40.5 Å². The van der Waals surface area contributed by atoms with Crippen LogP contribution in [-0.4, -0.2) is 21.9 Å². The summed E-state index contributed by atoms with van der Waals surface area (Å²) >= 11 is 0. The molecule has 0 aromatic rings. The Morgan fingerprint density at radius 3 is 2.11 bits per heavy atom. The molecule has 2 saturated carbocycles. The summed E-state index contributed by atoms with van der Waals surface area (Å²) in [5.74, 6) is 1.34. The minimum absolute atomic E-state index is 0.0699. The van der Waals surface area contributed by atoms with Gasteiger partial charge in [-0.05, 0) is 54.8 Å². The Labute approximate surface area is 112 Å². The van der Waals surface area contributed by atoms with Crippen molar-refractivity contribution in [1.82, 2.24) is 0 Å². The molecule has 2 nitrogen and oxygen atoms in total. The second-order valence-electron chi connectivity index (χ2n) is 8.03. The maximum Gasteiger partial charge on any atom is 0.0908 e. The van der Waals surface area contributed by atoms with Gasteiger partial charge >= 0.3 is 0 Å². The predicted molar refractivity (Wildman–Crippen MR) is 74.2 cm³/mol. The highest BCUT2D eigenvalue weighted by atomic mass is 16.3. The summed E-state index contributed by atoms with van der Waals surface area (Å²) in [6, 6.07) is 0. The van der Waals surface area contributed by atoms with Crippen molar-refractivity contribution >= 4 is 0 Å². The van der Waals surface area contributed by atoms with Gasteiger partial charge in [-0.15, -0.1) is 0 Å². The monoisotopic (exact) mass is 254 g/mol. The molecule has 0 aromatic heterocycles. The van der Waals surface area contributed by atoms with E-state index in [1.54, 1.807) is 0 Å². The van der Waals surface area contributed by atoms with Crippen LogP contribution in [0.25, 0.3) is 0 Å². The molecule has 2 aliphatic rings. The van der Waals surface area contributed by atoms with E-state index in [4.69, 9.17) is 0 Å². The quantitative estimate of drug-likeness (QED) is 0.697. The Morgan fingerprint density at radius 1 is 1.00 bits per heavy atom. The zero-order valence-electron chi connectivity index (χ0n) is 12.8. The summed E-state index contributed by atoms with van der Waals surface area (Å²) in [7, 11) is 0. The number of aliphatic hydroxyl groups excluding tert-OH is 1. The lowest BCUT2D eigenvalue weighted by atomic mass is 9.59. The first-order valence-corrected chi connectivity index (χ1v) is 7.45. The van der Waals surface area contributed by atoms with Gasteiger partial charge in [0.1, 0.15) is 0 Å².